The molecule has 1 rings (SSSR count). The van der Waals surface area contributed by atoms with Crippen molar-refractivity contribution in [2.75, 3.05) is 23.8 Å². The molecule has 0 atom stereocenters. The van der Waals surface area contributed by atoms with Crippen LogP contribution in [0.1, 0.15) is 6.92 Å². The fourth-order valence-corrected chi connectivity index (χ4v) is 3.56. The van der Waals surface area contributed by atoms with Crippen molar-refractivity contribution in [3.63, 3.8) is 0 Å². The summed E-state index contributed by atoms with van der Waals surface area (Å²) < 4.78 is 25.1. The van der Waals surface area contributed by atoms with Gasteiger partial charge in [-0.1, -0.05) is 6.07 Å². The van der Waals surface area contributed by atoms with E-state index in [-0.39, 0.29) is 5.75 Å². The van der Waals surface area contributed by atoms with Gasteiger partial charge in [0.05, 0.1) is 5.75 Å². The van der Waals surface area contributed by atoms with Gasteiger partial charge in [0.15, 0.2) is 0 Å². The highest BCUT2D eigenvalue weighted by Gasteiger charge is 2.13. The van der Waals surface area contributed by atoms with Crippen LogP contribution in [0.4, 0.5) is 10.5 Å². The molecule has 0 aliphatic rings. The molecule has 0 aromatic heterocycles. The summed E-state index contributed by atoms with van der Waals surface area (Å²) in [6, 6.07) is 6.49. The predicted octanol–water partition coefficient (Wildman–Crippen LogP) is 1.01. The molecule has 2 amide bonds. The highest BCUT2D eigenvalue weighted by Crippen LogP contribution is 2.20. The number of amides is 2. The van der Waals surface area contributed by atoms with Gasteiger partial charge in [-0.3, -0.25) is 0 Å². The number of thioether (sulfide) groups is 1. The van der Waals surface area contributed by atoms with Gasteiger partial charge in [-0.2, -0.15) is 0 Å². The topological polar surface area (TPSA) is 101 Å². The van der Waals surface area contributed by atoms with E-state index in [0.29, 0.717) is 18.0 Å². The van der Waals surface area contributed by atoms with Crippen LogP contribution in [0.25, 0.3) is 0 Å². The second-order valence-electron chi connectivity index (χ2n) is 3.70. The van der Waals surface area contributed by atoms with Crippen LogP contribution in [0, 0.1) is 0 Å². The summed E-state index contributed by atoms with van der Waals surface area (Å²) in [5, 5.41) is 2.36. The molecule has 4 N–H and O–H groups in total. The lowest BCUT2D eigenvalue weighted by Gasteiger charge is -2.07. The number of sulfonamides is 1. The van der Waals surface area contributed by atoms with Crippen LogP contribution < -0.4 is 15.8 Å². The van der Waals surface area contributed by atoms with Gasteiger partial charge in [0.25, 0.3) is 0 Å². The van der Waals surface area contributed by atoms with Gasteiger partial charge in [0.1, 0.15) is 0 Å². The summed E-state index contributed by atoms with van der Waals surface area (Å²) in [6.07, 6.45) is 0. The molecule has 19 heavy (non-hydrogen) atoms. The van der Waals surface area contributed by atoms with Gasteiger partial charge in [-0.25, -0.2) is 17.9 Å². The van der Waals surface area contributed by atoms with Crippen molar-refractivity contribution >= 4 is 33.5 Å². The normalized spacial score (nSPS) is 11.0. The molecule has 0 radical (unpaired) electrons. The smallest absolute Gasteiger partial charge is 0.328 e. The van der Waals surface area contributed by atoms with Crippen molar-refractivity contribution in [1.29, 1.82) is 0 Å². The third kappa shape index (κ3) is 6.35. The van der Waals surface area contributed by atoms with E-state index in [1.54, 1.807) is 25.1 Å². The highest BCUT2D eigenvalue weighted by atomic mass is 32.2. The van der Waals surface area contributed by atoms with Crippen LogP contribution in [0.3, 0.4) is 0 Å². The van der Waals surface area contributed by atoms with E-state index in [9.17, 15) is 13.2 Å². The SMILES string of the molecule is CCNC(=O)NS(=O)(=O)CCSc1cccc(N)c1. The van der Waals surface area contributed by atoms with E-state index in [0.717, 1.165) is 4.90 Å². The number of nitrogens with two attached hydrogens (primary N) is 1. The molecule has 0 saturated heterocycles. The Kier molecular flexibility index (Phi) is 5.97. The number of nitrogens with one attached hydrogen (secondary N) is 2. The number of urea groups is 1. The molecule has 0 saturated carbocycles. The number of anilines is 1. The number of hydrogen-bond acceptors (Lipinski definition) is 5. The molecule has 0 spiro atoms. The summed E-state index contributed by atoms with van der Waals surface area (Å²) in [6.45, 7) is 2.08. The van der Waals surface area contributed by atoms with Gasteiger partial charge < -0.3 is 11.1 Å². The quantitative estimate of drug-likeness (QED) is 0.538. The number of benzene rings is 1. The zero-order chi connectivity index (χ0) is 14.3. The van der Waals surface area contributed by atoms with Crippen LogP contribution >= 0.6 is 11.8 Å². The first-order chi connectivity index (χ1) is 8.93. The van der Waals surface area contributed by atoms with Crippen LogP contribution in [-0.4, -0.2) is 32.5 Å². The van der Waals surface area contributed by atoms with E-state index in [4.69, 9.17) is 5.73 Å². The standard InChI is InChI=1S/C11H17N3O3S2/c1-2-13-11(15)14-19(16,17)7-6-18-10-5-3-4-9(12)8-10/h3-5,8H,2,6-7,12H2,1H3,(H2,13,14,15). The monoisotopic (exact) mass is 303 g/mol. The van der Waals surface area contributed by atoms with Crippen LogP contribution in [-0.2, 0) is 10.0 Å². The van der Waals surface area contributed by atoms with Gasteiger partial charge >= 0.3 is 6.03 Å². The Hall–Kier alpha value is -1.41. The zero-order valence-corrected chi connectivity index (χ0v) is 12.2. The first-order valence-corrected chi connectivity index (χ1v) is 8.33. The molecule has 106 valence electrons. The third-order valence-electron chi connectivity index (χ3n) is 2.06. The molecule has 0 bridgehead atoms. The predicted molar refractivity (Wildman–Crippen MR) is 77.6 cm³/mol. The maximum atomic E-state index is 11.6. The second kappa shape index (κ2) is 7.25. The largest absolute Gasteiger partial charge is 0.399 e. The lowest BCUT2D eigenvalue weighted by Crippen LogP contribution is -2.40. The Morgan fingerprint density at radius 1 is 1.42 bits per heavy atom. The van der Waals surface area contributed by atoms with E-state index >= 15 is 0 Å². The summed E-state index contributed by atoms with van der Waals surface area (Å²) in [5.41, 5.74) is 6.25. The average molecular weight is 303 g/mol. The lowest BCUT2D eigenvalue weighted by atomic mass is 10.3. The number of rotatable bonds is 6. The summed E-state index contributed by atoms with van der Waals surface area (Å²) in [5.74, 6) is 0.210. The average Bonchev–Trinajstić information content (AvgIpc) is 2.28. The molecule has 0 heterocycles. The Morgan fingerprint density at radius 2 is 2.16 bits per heavy atom. The molecule has 0 fully saturated rings. The first-order valence-electron chi connectivity index (χ1n) is 5.69. The van der Waals surface area contributed by atoms with Crippen molar-refractivity contribution in [3.8, 4) is 0 Å². The Bertz CT molecular complexity index is 532. The van der Waals surface area contributed by atoms with Crippen molar-refractivity contribution < 1.29 is 13.2 Å². The van der Waals surface area contributed by atoms with Crippen LogP contribution in [0.15, 0.2) is 29.2 Å². The number of nitrogen functional groups attached to an aromatic ring is 1. The first kappa shape index (κ1) is 15.6. The van der Waals surface area contributed by atoms with Crippen molar-refractivity contribution in [3.05, 3.63) is 24.3 Å². The zero-order valence-electron chi connectivity index (χ0n) is 10.5. The summed E-state index contributed by atoms with van der Waals surface area (Å²) in [7, 11) is -3.60. The maximum absolute atomic E-state index is 11.6. The molecule has 0 aliphatic carbocycles. The molecule has 0 aliphatic heterocycles. The van der Waals surface area contributed by atoms with Crippen LogP contribution in [0.5, 0.6) is 0 Å². The van der Waals surface area contributed by atoms with Gasteiger partial charge in [0, 0.05) is 22.9 Å². The van der Waals surface area contributed by atoms with Crippen molar-refractivity contribution in [2.24, 2.45) is 0 Å². The fourth-order valence-electron chi connectivity index (χ4n) is 1.26. The minimum Gasteiger partial charge on any atom is -0.399 e. The molecule has 1 aromatic rings. The maximum Gasteiger partial charge on any atom is 0.328 e. The number of carbonyl (C=O) groups is 1. The van der Waals surface area contributed by atoms with Crippen LogP contribution in [0.2, 0.25) is 0 Å². The van der Waals surface area contributed by atoms with Crippen molar-refractivity contribution in [2.45, 2.75) is 11.8 Å². The van der Waals surface area contributed by atoms with E-state index in [2.05, 4.69) is 5.32 Å². The Labute approximate surface area is 117 Å². The molecular weight excluding hydrogens is 286 g/mol. The summed E-state index contributed by atoms with van der Waals surface area (Å²) >= 11 is 1.37. The minimum atomic E-state index is -3.60. The summed E-state index contributed by atoms with van der Waals surface area (Å²) in [4.78, 5) is 12.0. The van der Waals surface area contributed by atoms with Gasteiger partial charge in [0.2, 0.25) is 10.0 Å². The minimum absolute atomic E-state index is 0.135. The molecule has 6 nitrogen and oxygen atoms in total. The van der Waals surface area contributed by atoms with Gasteiger partial charge in [-0.15, -0.1) is 11.8 Å². The second-order valence-corrected chi connectivity index (χ2v) is 6.71. The van der Waals surface area contributed by atoms with Crippen molar-refractivity contribution in [1.82, 2.24) is 10.0 Å². The highest BCUT2D eigenvalue weighted by molar-refractivity contribution is 8.00. The third-order valence-corrected chi connectivity index (χ3v) is 4.56. The molecule has 1 aromatic carbocycles. The fraction of sp³-hybridized carbons (Fsp3) is 0.364. The Balaban J connectivity index is 2.41. The van der Waals surface area contributed by atoms with Gasteiger partial charge in [-0.05, 0) is 25.1 Å². The lowest BCUT2D eigenvalue weighted by molar-refractivity contribution is 0.246. The van der Waals surface area contributed by atoms with E-state index in [1.807, 2.05) is 10.8 Å². The molecular formula is C11H17N3O3S2. The number of carbonyl (C=O) groups excluding carboxylic acids is 1. The Morgan fingerprint density at radius 3 is 2.79 bits per heavy atom. The number of hydrogen-bond donors (Lipinski definition) is 3. The van der Waals surface area contributed by atoms with E-state index < -0.39 is 16.1 Å². The molecule has 0 unspecified atom stereocenters. The molecule has 8 heteroatoms. The van der Waals surface area contributed by atoms with E-state index in [1.165, 1.54) is 11.8 Å².